The van der Waals surface area contributed by atoms with Crippen LogP contribution < -0.4 is 10.6 Å². The summed E-state index contributed by atoms with van der Waals surface area (Å²) in [6, 6.07) is 13.9. The SMILES string of the molecule is O=C1CCc2cc(-c3ccc(C(=O)N4CCNCC4)cc3)ccc2N1. The highest BCUT2D eigenvalue weighted by atomic mass is 16.2. The van der Waals surface area contributed by atoms with Crippen LogP contribution in [-0.4, -0.2) is 42.9 Å². The Bertz CT molecular complexity index is 808. The van der Waals surface area contributed by atoms with Crippen LogP contribution in [0.3, 0.4) is 0 Å². The van der Waals surface area contributed by atoms with Crippen molar-refractivity contribution in [3.63, 3.8) is 0 Å². The fraction of sp³-hybridized carbons (Fsp3) is 0.300. The first-order valence-corrected chi connectivity index (χ1v) is 8.74. The third-order valence-electron chi connectivity index (χ3n) is 4.87. The normalized spacial score (nSPS) is 17.0. The van der Waals surface area contributed by atoms with E-state index in [0.29, 0.717) is 6.42 Å². The van der Waals surface area contributed by atoms with Crippen LogP contribution in [0.1, 0.15) is 22.3 Å². The molecule has 128 valence electrons. The molecule has 4 rings (SSSR count). The minimum atomic E-state index is 0.0797. The number of benzene rings is 2. The number of amides is 2. The Balaban J connectivity index is 1.54. The van der Waals surface area contributed by atoms with Gasteiger partial charge in [-0.1, -0.05) is 18.2 Å². The third kappa shape index (κ3) is 3.28. The van der Waals surface area contributed by atoms with Crippen LogP contribution in [0.15, 0.2) is 42.5 Å². The summed E-state index contributed by atoms with van der Waals surface area (Å²) >= 11 is 0. The summed E-state index contributed by atoms with van der Waals surface area (Å²) in [7, 11) is 0. The molecule has 2 amide bonds. The lowest BCUT2D eigenvalue weighted by molar-refractivity contribution is -0.116. The number of nitrogens with zero attached hydrogens (tertiary/aromatic N) is 1. The maximum absolute atomic E-state index is 12.5. The molecule has 0 aromatic heterocycles. The molecule has 0 unspecified atom stereocenters. The standard InChI is InChI=1S/C20H21N3O2/c24-19-8-6-17-13-16(5-7-18(17)22-19)14-1-3-15(4-2-14)20(25)23-11-9-21-10-12-23/h1-5,7,13,21H,6,8-12H2,(H,22,24). The van der Waals surface area contributed by atoms with Crippen molar-refractivity contribution in [1.82, 2.24) is 10.2 Å². The first-order valence-electron chi connectivity index (χ1n) is 8.74. The third-order valence-corrected chi connectivity index (χ3v) is 4.87. The van der Waals surface area contributed by atoms with E-state index in [1.54, 1.807) is 0 Å². The van der Waals surface area contributed by atoms with Crippen LogP contribution in [0.5, 0.6) is 0 Å². The molecule has 0 aliphatic carbocycles. The summed E-state index contributed by atoms with van der Waals surface area (Å²) in [6.07, 6.45) is 1.31. The second-order valence-electron chi connectivity index (χ2n) is 6.54. The number of aryl methyl sites for hydroxylation is 1. The van der Waals surface area contributed by atoms with E-state index in [-0.39, 0.29) is 11.8 Å². The van der Waals surface area contributed by atoms with Gasteiger partial charge in [-0.25, -0.2) is 0 Å². The topological polar surface area (TPSA) is 61.4 Å². The largest absolute Gasteiger partial charge is 0.336 e. The quantitative estimate of drug-likeness (QED) is 0.885. The summed E-state index contributed by atoms with van der Waals surface area (Å²) < 4.78 is 0. The zero-order valence-corrected chi connectivity index (χ0v) is 14.0. The number of piperazine rings is 1. The van der Waals surface area contributed by atoms with Crippen molar-refractivity contribution in [2.45, 2.75) is 12.8 Å². The number of anilines is 1. The molecule has 2 aromatic carbocycles. The maximum atomic E-state index is 12.5. The van der Waals surface area contributed by atoms with Gasteiger partial charge in [-0.05, 0) is 47.4 Å². The monoisotopic (exact) mass is 335 g/mol. The Morgan fingerprint density at radius 1 is 0.920 bits per heavy atom. The molecule has 5 heteroatoms. The minimum Gasteiger partial charge on any atom is -0.336 e. The first kappa shape index (κ1) is 15.8. The van der Waals surface area contributed by atoms with E-state index in [4.69, 9.17) is 0 Å². The van der Waals surface area contributed by atoms with Crippen LogP contribution in [0.4, 0.5) is 5.69 Å². The molecule has 0 spiro atoms. The van der Waals surface area contributed by atoms with E-state index in [0.717, 1.165) is 60.5 Å². The first-order chi connectivity index (χ1) is 12.2. The van der Waals surface area contributed by atoms with E-state index in [1.807, 2.05) is 41.3 Å². The number of hydrogen-bond donors (Lipinski definition) is 2. The molecule has 1 saturated heterocycles. The predicted octanol–water partition coefficient (Wildman–Crippen LogP) is 2.28. The number of nitrogens with one attached hydrogen (secondary N) is 2. The summed E-state index contributed by atoms with van der Waals surface area (Å²) in [5.74, 6) is 0.178. The lowest BCUT2D eigenvalue weighted by Gasteiger charge is -2.27. The molecular formula is C20H21N3O2. The van der Waals surface area contributed by atoms with Gasteiger partial charge in [0.1, 0.15) is 0 Å². The number of hydrogen-bond acceptors (Lipinski definition) is 3. The lowest BCUT2D eigenvalue weighted by Crippen LogP contribution is -2.46. The molecule has 5 nitrogen and oxygen atoms in total. The van der Waals surface area contributed by atoms with Crippen molar-refractivity contribution in [1.29, 1.82) is 0 Å². The van der Waals surface area contributed by atoms with Crippen LogP contribution >= 0.6 is 0 Å². The summed E-state index contributed by atoms with van der Waals surface area (Å²) in [6.45, 7) is 3.24. The molecule has 25 heavy (non-hydrogen) atoms. The molecule has 0 saturated carbocycles. The summed E-state index contributed by atoms with van der Waals surface area (Å²) in [5, 5.41) is 6.16. The van der Waals surface area contributed by atoms with E-state index in [1.165, 1.54) is 0 Å². The average Bonchev–Trinajstić information content (AvgIpc) is 2.68. The van der Waals surface area contributed by atoms with Gasteiger partial charge in [-0.15, -0.1) is 0 Å². The summed E-state index contributed by atoms with van der Waals surface area (Å²) in [4.78, 5) is 25.9. The Labute approximate surface area is 147 Å². The molecule has 2 aromatic rings. The van der Waals surface area contributed by atoms with E-state index in [9.17, 15) is 9.59 Å². The molecule has 2 aliphatic heterocycles. The van der Waals surface area contributed by atoms with Gasteiger partial charge in [-0.2, -0.15) is 0 Å². The molecule has 2 aliphatic rings. The Morgan fingerprint density at radius 3 is 2.40 bits per heavy atom. The van der Waals surface area contributed by atoms with Gasteiger partial charge in [0.25, 0.3) is 5.91 Å². The maximum Gasteiger partial charge on any atom is 0.253 e. The molecule has 0 bridgehead atoms. The Morgan fingerprint density at radius 2 is 1.64 bits per heavy atom. The van der Waals surface area contributed by atoms with Crippen LogP contribution in [0.25, 0.3) is 11.1 Å². The second kappa shape index (κ2) is 6.69. The van der Waals surface area contributed by atoms with Crippen molar-refractivity contribution in [2.24, 2.45) is 0 Å². The Kier molecular flexibility index (Phi) is 4.24. The van der Waals surface area contributed by atoms with Crippen molar-refractivity contribution in [2.75, 3.05) is 31.5 Å². The fourth-order valence-electron chi connectivity index (χ4n) is 3.42. The van der Waals surface area contributed by atoms with Crippen molar-refractivity contribution in [3.05, 3.63) is 53.6 Å². The predicted molar refractivity (Wildman–Crippen MR) is 97.6 cm³/mol. The number of carbonyl (C=O) groups excluding carboxylic acids is 2. The van der Waals surface area contributed by atoms with Gasteiger partial charge in [0, 0.05) is 43.9 Å². The molecule has 2 heterocycles. The van der Waals surface area contributed by atoms with Gasteiger partial charge in [0.05, 0.1) is 0 Å². The average molecular weight is 335 g/mol. The number of carbonyl (C=O) groups is 2. The van der Waals surface area contributed by atoms with Gasteiger partial charge >= 0.3 is 0 Å². The fourth-order valence-corrected chi connectivity index (χ4v) is 3.42. The minimum absolute atomic E-state index is 0.0797. The van der Waals surface area contributed by atoms with Crippen molar-refractivity contribution >= 4 is 17.5 Å². The molecule has 0 radical (unpaired) electrons. The molecular weight excluding hydrogens is 314 g/mol. The zero-order valence-electron chi connectivity index (χ0n) is 14.0. The smallest absolute Gasteiger partial charge is 0.253 e. The van der Waals surface area contributed by atoms with Crippen LogP contribution in [-0.2, 0) is 11.2 Å². The van der Waals surface area contributed by atoms with Gasteiger partial charge in [0.2, 0.25) is 5.91 Å². The highest BCUT2D eigenvalue weighted by Gasteiger charge is 2.18. The lowest BCUT2D eigenvalue weighted by atomic mass is 9.96. The zero-order chi connectivity index (χ0) is 17.2. The molecule has 0 atom stereocenters. The number of rotatable bonds is 2. The van der Waals surface area contributed by atoms with Gasteiger partial charge in [-0.3, -0.25) is 9.59 Å². The second-order valence-corrected chi connectivity index (χ2v) is 6.54. The van der Waals surface area contributed by atoms with E-state index >= 15 is 0 Å². The number of fused-ring (bicyclic) bond motifs is 1. The van der Waals surface area contributed by atoms with Crippen LogP contribution in [0.2, 0.25) is 0 Å². The van der Waals surface area contributed by atoms with Gasteiger partial charge in [0.15, 0.2) is 0 Å². The molecule has 1 fully saturated rings. The Hall–Kier alpha value is -2.66. The molecule has 2 N–H and O–H groups in total. The van der Waals surface area contributed by atoms with E-state index in [2.05, 4.69) is 16.7 Å². The van der Waals surface area contributed by atoms with Gasteiger partial charge < -0.3 is 15.5 Å². The van der Waals surface area contributed by atoms with E-state index < -0.39 is 0 Å². The van der Waals surface area contributed by atoms with Crippen molar-refractivity contribution in [3.8, 4) is 11.1 Å². The van der Waals surface area contributed by atoms with Crippen molar-refractivity contribution < 1.29 is 9.59 Å². The highest BCUT2D eigenvalue weighted by molar-refractivity contribution is 5.95. The summed E-state index contributed by atoms with van der Waals surface area (Å²) in [5.41, 5.74) is 4.99. The highest BCUT2D eigenvalue weighted by Crippen LogP contribution is 2.29. The van der Waals surface area contributed by atoms with Crippen LogP contribution in [0, 0.1) is 0 Å².